The van der Waals surface area contributed by atoms with Crippen LogP contribution in [0.5, 0.6) is 28.7 Å². The number of aryl methyl sites for hydroxylation is 4. The number of aromatic carboxylic acids is 2. The summed E-state index contributed by atoms with van der Waals surface area (Å²) in [6.07, 6.45) is 7.63. The van der Waals surface area contributed by atoms with Crippen LogP contribution in [0.2, 0.25) is 0 Å². The summed E-state index contributed by atoms with van der Waals surface area (Å²) in [5, 5.41) is 123. The summed E-state index contributed by atoms with van der Waals surface area (Å²) in [7, 11) is -3.19. The average molecular weight is 1750 g/mol. The fourth-order valence-corrected chi connectivity index (χ4v) is 18.3. The Morgan fingerprint density at radius 2 is 0.805 bits per heavy atom. The molecule has 16 aromatic rings. The van der Waals surface area contributed by atoms with E-state index >= 15 is 0 Å². The molecule has 0 amide bonds. The van der Waals surface area contributed by atoms with E-state index in [-0.39, 0.29) is 11.1 Å². The molecule has 0 atom stereocenters. The zero-order chi connectivity index (χ0) is 92.2. The van der Waals surface area contributed by atoms with E-state index in [2.05, 4.69) is 18.2 Å². The highest BCUT2D eigenvalue weighted by atomic mass is 16.5. The van der Waals surface area contributed by atoms with E-state index in [1.807, 2.05) is 212 Å². The quantitative estimate of drug-likeness (QED) is 0.0140. The van der Waals surface area contributed by atoms with E-state index in [1.54, 1.807) is 116 Å². The van der Waals surface area contributed by atoms with Crippen LogP contribution in [-0.2, 0) is 43.3 Å². The predicted octanol–water partition coefficient (Wildman–Crippen LogP) is 10.2. The molecule has 133 heavy (non-hydrogen) atoms. The number of ether oxygens (including phenoxy) is 4. The Labute approximate surface area is 764 Å². The number of benzene rings is 17. The molecular formula is C110H83B4NO18-2. The number of fused-ring (bicyclic) bond motifs is 14. The highest BCUT2D eigenvalue weighted by molar-refractivity contribution is 6.60. The van der Waals surface area contributed by atoms with Crippen molar-refractivity contribution in [1.82, 2.24) is 0 Å². The van der Waals surface area contributed by atoms with Gasteiger partial charge in [0, 0.05) is 82.6 Å². The number of rotatable bonds is 21. The monoisotopic (exact) mass is 1750 g/mol. The van der Waals surface area contributed by atoms with E-state index in [9.17, 15) is 64.8 Å². The topological polar surface area (TPSA) is 333 Å². The van der Waals surface area contributed by atoms with Crippen molar-refractivity contribution < 1.29 is 88.2 Å². The van der Waals surface area contributed by atoms with Gasteiger partial charge in [-0.1, -0.05) is 267 Å². The molecule has 0 bridgehead atoms. The lowest BCUT2D eigenvalue weighted by atomic mass is 9.76. The van der Waals surface area contributed by atoms with Crippen molar-refractivity contribution in [2.24, 2.45) is 0 Å². The molecule has 0 saturated carbocycles. The molecule has 16 aromatic carbocycles. The highest BCUT2D eigenvalue weighted by Crippen LogP contribution is 2.48. The lowest BCUT2D eigenvalue weighted by Gasteiger charge is -2.25. The summed E-state index contributed by atoms with van der Waals surface area (Å²) in [6.45, 7) is 0. The first kappa shape index (κ1) is 88.1. The van der Waals surface area contributed by atoms with Crippen molar-refractivity contribution in [3.05, 3.63) is 426 Å². The molecule has 0 radical (unpaired) electrons. The van der Waals surface area contributed by atoms with Crippen molar-refractivity contribution >= 4 is 146 Å². The lowest BCUT2D eigenvalue weighted by Crippen LogP contribution is -2.33. The SMILES string of the molecule is COC(=O)c1ccccc1-c1c2ccc(=N)cc-2oc2c1ccc1cccc(OC)c12.O=C([O-])c1ccccc1C1=c2cc/c(=C\Cc3ccccc3B(O)O)cc2Oc2c1ccc1cc(CCc3ccccc3B(O)O)ccc21.O=C([O-])c1ccccc1C1=c2ccc3c/c(=C\Cc4ccccc4B(O)O)ccc3c2Oc2c1ccc1cc(CCc3ccccc3B(O)O)ccc21. The van der Waals surface area contributed by atoms with Crippen LogP contribution in [-0.4, -0.2) is 101 Å². The van der Waals surface area contributed by atoms with Gasteiger partial charge in [-0.05, 0) is 209 Å². The molecule has 3 heterocycles. The maximum absolute atomic E-state index is 12.6. The van der Waals surface area contributed by atoms with Crippen molar-refractivity contribution in [2.75, 3.05) is 14.2 Å². The van der Waals surface area contributed by atoms with Crippen LogP contribution in [0.25, 0.3) is 99.8 Å². The van der Waals surface area contributed by atoms with Gasteiger partial charge in [-0.15, -0.1) is 0 Å². The van der Waals surface area contributed by atoms with Crippen molar-refractivity contribution in [3.63, 3.8) is 0 Å². The van der Waals surface area contributed by atoms with Gasteiger partial charge in [-0.25, -0.2) is 4.79 Å². The van der Waals surface area contributed by atoms with Gasteiger partial charge in [-0.2, -0.15) is 0 Å². The summed E-state index contributed by atoms with van der Waals surface area (Å²) < 4.78 is 30.6. The summed E-state index contributed by atoms with van der Waals surface area (Å²) in [4.78, 5) is 37.3. The Bertz CT molecular complexity index is 7990. The largest absolute Gasteiger partial charge is 0.545 e. The average Bonchev–Trinajstić information content (AvgIpc) is 0.716. The summed E-state index contributed by atoms with van der Waals surface area (Å²) >= 11 is 0. The number of carboxylic acid groups (broad SMARTS) is 2. The van der Waals surface area contributed by atoms with Gasteiger partial charge >= 0.3 is 34.4 Å². The molecule has 0 aromatic heterocycles. The molecule has 20 rings (SSSR count). The minimum absolute atomic E-state index is 0.0785. The first-order valence-corrected chi connectivity index (χ1v) is 43.3. The number of esters is 1. The Balaban J connectivity index is 0.000000138. The van der Waals surface area contributed by atoms with E-state index in [0.29, 0.717) is 123 Å². The number of hydrogen-bond acceptors (Lipinski definition) is 19. The molecule has 23 heteroatoms. The van der Waals surface area contributed by atoms with E-state index in [1.165, 1.54) is 7.11 Å². The van der Waals surface area contributed by atoms with Crippen molar-refractivity contribution in [1.29, 1.82) is 5.41 Å². The number of hydrogen-bond donors (Lipinski definition) is 9. The first-order valence-electron chi connectivity index (χ1n) is 43.3. The smallest absolute Gasteiger partial charge is 0.488 e. The Kier molecular flexibility index (Phi) is 25.4. The maximum Gasteiger partial charge on any atom is 0.488 e. The van der Waals surface area contributed by atoms with Crippen molar-refractivity contribution in [2.45, 2.75) is 38.5 Å². The van der Waals surface area contributed by atoms with Gasteiger partial charge in [0.25, 0.3) is 0 Å². The predicted molar refractivity (Wildman–Crippen MR) is 517 cm³/mol. The second kappa shape index (κ2) is 38.3. The molecular weight excluding hydrogens is 1670 g/mol. The molecule has 3 aliphatic heterocycles. The molecule has 1 aliphatic carbocycles. The molecule has 4 aliphatic rings. The van der Waals surface area contributed by atoms with Crippen LogP contribution in [0.3, 0.4) is 0 Å². The Hall–Kier alpha value is -15.5. The molecule has 9 N–H and O–H groups in total. The fourth-order valence-electron chi connectivity index (χ4n) is 18.3. The normalized spacial score (nSPS) is 12.1. The zero-order valence-electron chi connectivity index (χ0n) is 72.0. The number of carboxylic acids is 2. The van der Waals surface area contributed by atoms with Crippen LogP contribution in [0.4, 0.5) is 0 Å². The molecule has 0 saturated heterocycles. The van der Waals surface area contributed by atoms with E-state index in [4.69, 9.17) is 28.8 Å². The Morgan fingerprint density at radius 3 is 1.35 bits per heavy atom. The number of methoxy groups -OCH3 is 2. The Morgan fingerprint density at radius 1 is 0.368 bits per heavy atom. The second-order valence-electron chi connectivity index (χ2n) is 32.6. The third-order valence-corrected chi connectivity index (χ3v) is 24.7. The maximum atomic E-state index is 12.6. The van der Waals surface area contributed by atoms with Gasteiger partial charge < -0.3 is 88.8 Å². The third-order valence-electron chi connectivity index (χ3n) is 24.7. The minimum atomic E-state index is -1.58. The highest BCUT2D eigenvalue weighted by Gasteiger charge is 2.30. The molecule has 0 fully saturated rings. The molecule has 0 unspecified atom stereocenters. The third kappa shape index (κ3) is 17.8. The number of carbonyl (C=O) groups excluding carboxylic acids is 3. The number of nitrogens with one attached hydrogen (secondary N) is 1. The van der Waals surface area contributed by atoms with Gasteiger partial charge in [-0.3, -0.25) is 0 Å². The fraction of sp³-hybridized carbons (Fsp3) is 0.0727. The number of carbonyl (C=O) groups is 3. The van der Waals surface area contributed by atoms with Crippen LogP contribution >= 0.6 is 0 Å². The van der Waals surface area contributed by atoms with Gasteiger partial charge in [0.2, 0.25) is 0 Å². The molecule has 19 nitrogen and oxygen atoms in total. The minimum Gasteiger partial charge on any atom is -0.545 e. The second-order valence-corrected chi connectivity index (χ2v) is 32.6. The zero-order valence-corrected chi connectivity index (χ0v) is 72.0. The van der Waals surface area contributed by atoms with Crippen LogP contribution in [0.15, 0.2) is 332 Å². The van der Waals surface area contributed by atoms with Crippen LogP contribution in [0.1, 0.15) is 86.7 Å². The van der Waals surface area contributed by atoms with Gasteiger partial charge in [0.05, 0.1) is 42.5 Å². The summed E-state index contributed by atoms with van der Waals surface area (Å²) in [5.74, 6) is 0.736. The molecule has 0 spiro atoms. The standard InChI is InChI=1S/C44H34B2O7.C40H32B2O7.C26H19NO4/c47-44(48)36-10-4-3-9-35(36)41-37-23-19-31-25-27(13-17-29-7-1-5-11-39(29)45(49)50)15-21-33(31)42(37)53-43-34-22-16-28(26-32(34)20-24-38(41)43)14-18-30-8-2-6-12-40(30)46(51)52;43-40(44)32-10-4-3-9-31(32)38-33-21-16-26(14-18-28-8-2-6-12-36(28)42(47)48)24-37(33)49-39-30-20-15-25(23-29(30)19-22-34(38)39)13-17-27-7-1-5-11-35(27)41(45)46;1-29-21-9-5-6-15-10-12-20-24(17-7-3-4-8-18(17)26(28)30-2)19-13-11-16(27)14-22(19)31-25(20)23(15)21/h1-13,15-16,19-26,49-52H,14,17-18H2,(H,47,48);1-12,14-16,19-24,45-48H,13,17-18H2,(H,43,44);3-14,27H,1-2H3/p-2/b27-13-;26-14+;. The summed E-state index contributed by atoms with van der Waals surface area (Å²) in [5.41, 5.74) is 15.1. The van der Waals surface area contributed by atoms with Gasteiger partial charge in [0.1, 0.15) is 40.1 Å². The first-order chi connectivity index (χ1) is 64.7. The van der Waals surface area contributed by atoms with Crippen LogP contribution < -0.4 is 72.5 Å². The summed E-state index contributed by atoms with van der Waals surface area (Å²) in [6, 6.07) is 101. The van der Waals surface area contributed by atoms with E-state index < -0.39 is 46.4 Å². The van der Waals surface area contributed by atoms with E-state index in [0.717, 1.165) is 142 Å². The van der Waals surface area contributed by atoms with Crippen LogP contribution in [0, 0.1) is 5.41 Å². The lowest BCUT2D eigenvalue weighted by molar-refractivity contribution is -0.256. The van der Waals surface area contributed by atoms with Crippen molar-refractivity contribution in [3.8, 4) is 51.2 Å². The molecule has 650 valence electrons. The van der Waals surface area contributed by atoms with Gasteiger partial charge in [0.15, 0.2) is 0 Å².